The minimum atomic E-state index is -0.0678. The molecule has 5 aromatic rings. The minimum Gasteiger partial charge on any atom is -0.269 e. The number of fused-ring (bicyclic) bond motifs is 2. The maximum Gasteiger partial charge on any atom is 0.259 e. The second-order valence-electron chi connectivity index (χ2n) is 6.87. The Morgan fingerprint density at radius 2 is 1.76 bits per heavy atom. The molecule has 0 N–H and O–H groups in total. The fourth-order valence-corrected chi connectivity index (χ4v) is 3.56. The molecule has 7 nitrogen and oxygen atoms in total. The summed E-state index contributed by atoms with van der Waals surface area (Å²) in [6.45, 7) is 0. The van der Waals surface area contributed by atoms with Gasteiger partial charge in [-0.3, -0.25) is 14.3 Å². The largest absolute Gasteiger partial charge is 0.269 e. The zero-order chi connectivity index (χ0) is 19.6. The van der Waals surface area contributed by atoms with Crippen molar-refractivity contribution >= 4 is 22.1 Å². The fourth-order valence-electron chi connectivity index (χ4n) is 3.56. The van der Waals surface area contributed by atoms with E-state index in [1.165, 1.54) is 5.56 Å². The van der Waals surface area contributed by atoms with Crippen LogP contribution in [0.5, 0.6) is 0 Å². The van der Waals surface area contributed by atoms with Gasteiger partial charge in [0, 0.05) is 29.5 Å². The average Bonchev–Trinajstić information content (AvgIpc) is 3.23. The average molecular weight is 383 g/mol. The Kier molecular flexibility index (Phi) is 4.32. The van der Waals surface area contributed by atoms with E-state index in [1.54, 1.807) is 35.3 Å². The molecule has 1 aromatic carbocycles. The first-order chi connectivity index (χ1) is 14.3. The molecule has 0 unspecified atom stereocenters. The predicted octanol–water partition coefficient (Wildman–Crippen LogP) is 3.49. The van der Waals surface area contributed by atoms with Gasteiger partial charge >= 0.3 is 0 Å². The van der Waals surface area contributed by atoms with Gasteiger partial charge in [-0.2, -0.15) is 0 Å². The quantitative estimate of drug-likeness (QED) is 0.462. The molecule has 0 spiro atoms. The first-order valence-corrected chi connectivity index (χ1v) is 9.41. The van der Waals surface area contributed by atoms with Crippen molar-refractivity contribution < 1.29 is 4.63 Å². The summed E-state index contributed by atoms with van der Waals surface area (Å²) in [5.41, 5.74) is 4.46. The number of aromatic nitrogens is 5. The lowest BCUT2D eigenvalue weighted by atomic mass is 10.0. The molecule has 4 aromatic heterocycles. The lowest BCUT2D eigenvalue weighted by Crippen LogP contribution is -2.23. The van der Waals surface area contributed by atoms with Gasteiger partial charge in [0.15, 0.2) is 0 Å². The van der Waals surface area contributed by atoms with Gasteiger partial charge in [0.25, 0.3) is 5.56 Å². The molecular formula is C22H17N5O2. The standard InChI is InChI=1S/C22H17N5O2/c28-22-17(4-1-3-15-8-11-23-12-9-15)13-16-5-2-10-24-21(16)27(22)18-6-7-19-20(14-18)26-29-25-19/h2,5-14H,1,3-4H2. The maximum atomic E-state index is 13.4. The molecule has 142 valence electrons. The number of aryl methyl sites for hydroxylation is 2. The van der Waals surface area contributed by atoms with Crippen LogP contribution in [0.3, 0.4) is 0 Å². The number of hydrogen-bond acceptors (Lipinski definition) is 6. The van der Waals surface area contributed by atoms with E-state index in [0.29, 0.717) is 28.8 Å². The number of nitrogens with zero attached hydrogens (tertiary/aromatic N) is 5. The topological polar surface area (TPSA) is 86.7 Å². The molecule has 0 saturated carbocycles. The van der Waals surface area contributed by atoms with Crippen molar-refractivity contribution in [2.45, 2.75) is 19.3 Å². The van der Waals surface area contributed by atoms with Crippen molar-refractivity contribution in [3.63, 3.8) is 0 Å². The Balaban J connectivity index is 1.57. The molecule has 0 amide bonds. The van der Waals surface area contributed by atoms with E-state index < -0.39 is 0 Å². The summed E-state index contributed by atoms with van der Waals surface area (Å²) < 4.78 is 6.43. The Morgan fingerprint density at radius 3 is 2.66 bits per heavy atom. The van der Waals surface area contributed by atoms with Crippen molar-refractivity contribution in [1.29, 1.82) is 0 Å². The van der Waals surface area contributed by atoms with Crippen LogP contribution >= 0.6 is 0 Å². The molecule has 5 rings (SSSR count). The Bertz CT molecular complexity index is 1360. The van der Waals surface area contributed by atoms with Crippen LogP contribution in [0.25, 0.3) is 27.8 Å². The smallest absolute Gasteiger partial charge is 0.259 e. The van der Waals surface area contributed by atoms with Crippen LogP contribution in [0.2, 0.25) is 0 Å². The van der Waals surface area contributed by atoms with Crippen molar-refractivity contribution in [1.82, 2.24) is 24.8 Å². The molecule has 0 aliphatic rings. The lowest BCUT2D eigenvalue weighted by Gasteiger charge is -2.12. The summed E-state index contributed by atoms with van der Waals surface area (Å²) in [6, 6.07) is 15.2. The highest BCUT2D eigenvalue weighted by Crippen LogP contribution is 2.20. The summed E-state index contributed by atoms with van der Waals surface area (Å²) in [6.07, 6.45) is 7.72. The molecule has 0 aliphatic carbocycles. The molecule has 0 bridgehead atoms. The minimum absolute atomic E-state index is 0.0678. The normalized spacial score (nSPS) is 11.3. The summed E-state index contributed by atoms with van der Waals surface area (Å²) >= 11 is 0. The van der Waals surface area contributed by atoms with Gasteiger partial charge in [-0.05, 0) is 83.7 Å². The van der Waals surface area contributed by atoms with Crippen LogP contribution in [-0.2, 0) is 12.8 Å². The lowest BCUT2D eigenvalue weighted by molar-refractivity contribution is 0.315. The first-order valence-electron chi connectivity index (χ1n) is 9.41. The third kappa shape index (κ3) is 3.27. The molecule has 0 atom stereocenters. The molecule has 29 heavy (non-hydrogen) atoms. The SMILES string of the molecule is O=c1c(CCCc2ccncc2)cc2cccnc2n1-c1ccc2nonc2c1. The Hall–Kier alpha value is -3.87. The molecule has 0 saturated heterocycles. The van der Waals surface area contributed by atoms with E-state index in [9.17, 15) is 4.79 Å². The highest BCUT2D eigenvalue weighted by molar-refractivity contribution is 5.80. The summed E-state index contributed by atoms with van der Waals surface area (Å²) in [7, 11) is 0. The van der Waals surface area contributed by atoms with Crippen LogP contribution in [0.1, 0.15) is 17.5 Å². The molecular weight excluding hydrogens is 366 g/mol. The predicted molar refractivity (Wildman–Crippen MR) is 109 cm³/mol. The van der Waals surface area contributed by atoms with Crippen LogP contribution in [0, 0.1) is 0 Å². The van der Waals surface area contributed by atoms with Gasteiger partial charge in [0.2, 0.25) is 0 Å². The second-order valence-corrected chi connectivity index (χ2v) is 6.87. The van der Waals surface area contributed by atoms with Gasteiger partial charge in [0.05, 0.1) is 5.69 Å². The van der Waals surface area contributed by atoms with E-state index in [0.717, 1.165) is 23.8 Å². The fraction of sp³-hybridized carbons (Fsp3) is 0.136. The molecule has 0 fully saturated rings. The van der Waals surface area contributed by atoms with E-state index in [4.69, 9.17) is 4.63 Å². The Morgan fingerprint density at radius 1 is 0.897 bits per heavy atom. The second kappa shape index (κ2) is 7.27. The third-order valence-electron chi connectivity index (χ3n) is 4.99. The third-order valence-corrected chi connectivity index (χ3v) is 4.99. The zero-order valence-electron chi connectivity index (χ0n) is 15.5. The summed E-state index contributed by atoms with van der Waals surface area (Å²) in [5, 5.41) is 8.65. The van der Waals surface area contributed by atoms with Crippen molar-refractivity contribution in [3.05, 3.63) is 88.6 Å². The highest BCUT2D eigenvalue weighted by atomic mass is 16.6. The van der Waals surface area contributed by atoms with E-state index >= 15 is 0 Å². The summed E-state index contributed by atoms with van der Waals surface area (Å²) in [5.74, 6) is 0. The Labute approximate surface area is 165 Å². The molecule has 0 aliphatic heterocycles. The number of benzene rings is 1. The van der Waals surface area contributed by atoms with E-state index in [1.807, 2.05) is 36.4 Å². The maximum absolute atomic E-state index is 13.4. The van der Waals surface area contributed by atoms with E-state index in [-0.39, 0.29) is 5.56 Å². The molecule has 0 radical (unpaired) electrons. The van der Waals surface area contributed by atoms with Gasteiger partial charge in [-0.25, -0.2) is 9.61 Å². The van der Waals surface area contributed by atoms with Crippen LogP contribution in [0.4, 0.5) is 0 Å². The van der Waals surface area contributed by atoms with E-state index in [2.05, 4.69) is 20.3 Å². The van der Waals surface area contributed by atoms with Crippen molar-refractivity contribution in [3.8, 4) is 5.69 Å². The molecule has 4 heterocycles. The van der Waals surface area contributed by atoms with Crippen LogP contribution in [0.15, 0.2) is 76.5 Å². The van der Waals surface area contributed by atoms with Gasteiger partial charge < -0.3 is 0 Å². The number of rotatable bonds is 5. The van der Waals surface area contributed by atoms with Crippen molar-refractivity contribution in [2.24, 2.45) is 0 Å². The van der Waals surface area contributed by atoms with Crippen LogP contribution < -0.4 is 5.56 Å². The number of hydrogen-bond donors (Lipinski definition) is 0. The molecule has 7 heteroatoms. The first kappa shape index (κ1) is 17.2. The monoisotopic (exact) mass is 383 g/mol. The van der Waals surface area contributed by atoms with Gasteiger partial charge in [-0.1, -0.05) is 0 Å². The van der Waals surface area contributed by atoms with Crippen LogP contribution in [-0.4, -0.2) is 24.8 Å². The highest BCUT2D eigenvalue weighted by Gasteiger charge is 2.13. The van der Waals surface area contributed by atoms with Gasteiger partial charge in [0.1, 0.15) is 16.7 Å². The zero-order valence-corrected chi connectivity index (χ0v) is 15.5. The van der Waals surface area contributed by atoms with Gasteiger partial charge in [-0.15, -0.1) is 0 Å². The van der Waals surface area contributed by atoms with Crippen molar-refractivity contribution in [2.75, 3.05) is 0 Å². The summed E-state index contributed by atoms with van der Waals surface area (Å²) in [4.78, 5) is 21.9. The number of pyridine rings is 3.